The molecular weight excluding hydrogens is 230 g/mol. The molecule has 0 spiro atoms. The molecule has 0 radical (unpaired) electrons. The van der Waals surface area contributed by atoms with Crippen LogP contribution < -0.4 is 9.47 Å². The first-order chi connectivity index (χ1) is 8.74. The molecule has 100 valence electrons. The summed E-state index contributed by atoms with van der Waals surface area (Å²) in [4.78, 5) is 2.37. The van der Waals surface area contributed by atoms with Crippen molar-refractivity contribution < 1.29 is 14.2 Å². The number of benzene rings is 1. The molecule has 1 aromatic carbocycles. The summed E-state index contributed by atoms with van der Waals surface area (Å²) < 4.78 is 16.4. The third-order valence-corrected chi connectivity index (χ3v) is 3.24. The molecule has 4 nitrogen and oxygen atoms in total. The Labute approximate surface area is 108 Å². The van der Waals surface area contributed by atoms with E-state index in [0.29, 0.717) is 6.10 Å². The zero-order chi connectivity index (χ0) is 13.0. The Hall–Kier alpha value is -1.26. The van der Waals surface area contributed by atoms with E-state index in [4.69, 9.17) is 14.2 Å². The van der Waals surface area contributed by atoms with Crippen LogP contribution in [0.3, 0.4) is 0 Å². The van der Waals surface area contributed by atoms with Crippen molar-refractivity contribution in [3.63, 3.8) is 0 Å². The molecule has 4 heteroatoms. The Morgan fingerprint density at radius 2 is 1.94 bits per heavy atom. The van der Waals surface area contributed by atoms with Crippen LogP contribution in [0.1, 0.15) is 12.5 Å². The minimum absolute atomic E-state index is 0.291. The van der Waals surface area contributed by atoms with Crippen LogP contribution in [0.4, 0.5) is 0 Å². The highest BCUT2D eigenvalue weighted by Crippen LogP contribution is 2.29. The lowest BCUT2D eigenvalue weighted by molar-refractivity contribution is -0.0215. The molecule has 0 saturated carbocycles. The maximum absolute atomic E-state index is 5.55. The molecule has 1 heterocycles. The minimum atomic E-state index is 0.291. The summed E-state index contributed by atoms with van der Waals surface area (Å²) in [6.45, 7) is 5.62. The van der Waals surface area contributed by atoms with Crippen LogP contribution in [-0.4, -0.2) is 44.9 Å². The van der Waals surface area contributed by atoms with E-state index in [-0.39, 0.29) is 0 Å². The fourth-order valence-electron chi connectivity index (χ4n) is 2.34. The summed E-state index contributed by atoms with van der Waals surface area (Å²) in [5.74, 6) is 1.77. The van der Waals surface area contributed by atoms with Gasteiger partial charge >= 0.3 is 0 Å². The number of ether oxygens (including phenoxy) is 3. The van der Waals surface area contributed by atoms with Gasteiger partial charge in [-0.05, 0) is 19.1 Å². The van der Waals surface area contributed by atoms with E-state index in [9.17, 15) is 0 Å². The van der Waals surface area contributed by atoms with Gasteiger partial charge in [-0.3, -0.25) is 4.90 Å². The Morgan fingerprint density at radius 3 is 2.50 bits per heavy atom. The second-order valence-electron chi connectivity index (χ2n) is 4.56. The van der Waals surface area contributed by atoms with Gasteiger partial charge in [-0.15, -0.1) is 0 Å². The SMILES string of the molecule is COc1cccc(OC)c1CN1CCOC(C)C1. The number of methoxy groups -OCH3 is 2. The van der Waals surface area contributed by atoms with Gasteiger partial charge in [0.1, 0.15) is 11.5 Å². The summed E-state index contributed by atoms with van der Waals surface area (Å²) in [5.41, 5.74) is 1.11. The van der Waals surface area contributed by atoms with Crippen molar-refractivity contribution in [2.24, 2.45) is 0 Å². The highest BCUT2D eigenvalue weighted by molar-refractivity contribution is 5.44. The maximum atomic E-state index is 5.55. The molecule has 1 saturated heterocycles. The molecular formula is C14H21NO3. The van der Waals surface area contributed by atoms with Crippen molar-refractivity contribution in [3.8, 4) is 11.5 Å². The van der Waals surface area contributed by atoms with Crippen LogP contribution in [0.15, 0.2) is 18.2 Å². The zero-order valence-electron chi connectivity index (χ0n) is 11.3. The molecule has 1 fully saturated rings. The second kappa shape index (κ2) is 6.07. The van der Waals surface area contributed by atoms with E-state index >= 15 is 0 Å². The Kier molecular flexibility index (Phi) is 4.44. The Balaban J connectivity index is 2.16. The molecule has 1 aliphatic rings. The van der Waals surface area contributed by atoms with Gasteiger partial charge in [0.2, 0.25) is 0 Å². The Morgan fingerprint density at radius 1 is 1.28 bits per heavy atom. The normalized spacial score (nSPS) is 20.7. The van der Waals surface area contributed by atoms with Crippen molar-refractivity contribution in [1.29, 1.82) is 0 Å². The van der Waals surface area contributed by atoms with E-state index in [1.165, 1.54) is 0 Å². The van der Waals surface area contributed by atoms with Crippen molar-refractivity contribution >= 4 is 0 Å². The van der Waals surface area contributed by atoms with Gasteiger partial charge in [-0.1, -0.05) is 6.07 Å². The highest BCUT2D eigenvalue weighted by Gasteiger charge is 2.20. The van der Waals surface area contributed by atoms with Crippen LogP contribution in [0, 0.1) is 0 Å². The molecule has 2 rings (SSSR count). The van der Waals surface area contributed by atoms with E-state index in [2.05, 4.69) is 11.8 Å². The van der Waals surface area contributed by atoms with Crippen LogP contribution in [-0.2, 0) is 11.3 Å². The van der Waals surface area contributed by atoms with Gasteiger partial charge in [-0.2, -0.15) is 0 Å². The average Bonchev–Trinajstić information content (AvgIpc) is 2.39. The fraction of sp³-hybridized carbons (Fsp3) is 0.571. The van der Waals surface area contributed by atoms with Crippen molar-refractivity contribution in [3.05, 3.63) is 23.8 Å². The van der Waals surface area contributed by atoms with Gasteiger partial charge < -0.3 is 14.2 Å². The second-order valence-corrected chi connectivity index (χ2v) is 4.56. The van der Waals surface area contributed by atoms with Crippen LogP contribution in [0.5, 0.6) is 11.5 Å². The van der Waals surface area contributed by atoms with Crippen molar-refractivity contribution in [2.75, 3.05) is 33.9 Å². The molecule has 1 atom stereocenters. The fourth-order valence-corrected chi connectivity index (χ4v) is 2.34. The topological polar surface area (TPSA) is 30.9 Å². The van der Waals surface area contributed by atoms with Crippen molar-refractivity contribution in [1.82, 2.24) is 4.90 Å². The van der Waals surface area contributed by atoms with Crippen LogP contribution in [0.2, 0.25) is 0 Å². The molecule has 1 aliphatic heterocycles. The summed E-state index contributed by atoms with van der Waals surface area (Å²) in [6, 6.07) is 5.90. The molecule has 1 aromatic rings. The van der Waals surface area contributed by atoms with Crippen LogP contribution in [0.25, 0.3) is 0 Å². The molecule has 0 bridgehead atoms. The van der Waals surface area contributed by atoms with Gasteiger partial charge in [0.25, 0.3) is 0 Å². The smallest absolute Gasteiger partial charge is 0.127 e. The van der Waals surface area contributed by atoms with E-state index < -0.39 is 0 Å². The van der Waals surface area contributed by atoms with Gasteiger partial charge in [0.05, 0.1) is 32.5 Å². The standard InChI is InChI=1S/C14H21NO3/c1-11-9-15(7-8-18-11)10-12-13(16-2)5-4-6-14(12)17-3/h4-6,11H,7-10H2,1-3H3. The molecule has 0 aliphatic carbocycles. The lowest BCUT2D eigenvalue weighted by atomic mass is 10.1. The van der Waals surface area contributed by atoms with E-state index in [0.717, 1.165) is 43.3 Å². The number of hydrogen-bond acceptors (Lipinski definition) is 4. The number of morpholine rings is 1. The predicted octanol–water partition coefficient (Wildman–Crippen LogP) is 1.92. The molecule has 0 N–H and O–H groups in total. The first kappa shape index (κ1) is 13.2. The number of nitrogens with zero attached hydrogens (tertiary/aromatic N) is 1. The lowest BCUT2D eigenvalue weighted by Crippen LogP contribution is -2.40. The van der Waals surface area contributed by atoms with E-state index in [1.807, 2.05) is 18.2 Å². The van der Waals surface area contributed by atoms with Crippen molar-refractivity contribution in [2.45, 2.75) is 19.6 Å². The minimum Gasteiger partial charge on any atom is -0.496 e. The number of rotatable bonds is 4. The first-order valence-electron chi connectivity index (χ1n) is 6.28. The lowest BCUT2D eigenvalue weighted by Gasteiger charge is -2.31. The summed E-state index contributed by atoms with van der Waals surface area (Å²) in [5, 5.41) is 0. The maximum Gasteiger partial charge on any atom is 0.127 e. The first-order valence-corrected chi connectivity index (χ1v) is 6.28. The summed E-state index contributed by atoms with van der Waals surface area (Å²) >= 11 is 0. The van der Waals surface area contributed by atoms with Crippen LogP contribution >= 0.6 is 0 Å². The largest absolute Gasteiger partial charge is 0.496 e. The average molecular weight is 251 g/mol. The predicted molar refractivity (Wildman–Crippen MR) is 70.2 cm³/mol. The summed E-state index contributed by atoms with van der Waals surface area (Å²) in [6.07, 6.45) is 0.291. The molecule has 1 unspecified atom stereocenters. The third-order valence-electron chi connectivity index (χ3n) is 3.24. The molecule has 0 aromatic heterocycles. The zero-order valence-corrected chi connectivity index (χ0v) is 11.3. The monoisotopic (exact) mass is 251 g/mol. The Bertz CT molecular complexity index is 372. The molecule has 18 heavy (non-hydrogen) atoms. The third kappa shape index (κ3) is 2.94. The van der Waals surface area contributed by atoms with E-state index in [1.54, 1.807) is 14.2 Å². The van der Waals surface area contributed by atoms with Gasteiger partial charge in [0, 0.05) is 19.6 Å². The molecule has 0 amide bonds. The van der Waals surface area contributed by atoms with Gasteiger partial charge in [-0.25, -0.2) is 0 Å². The number of hydrogen-bond donors (Lipinski definition) is 0. The summed E-state index contributed by atoms with van der Waals surface area (Å²) in [7, 11) is 3.39. The highest BCUT2D eigenvalue weighted by atomic mass is 16.5. The van der Waals surface area contributed by atoms with Gasteiger partial charge in [0.15, 0.2) is 0 Å². The quantitative estimate of drug-likeness (QED) is 0.818.